The van der Waals surface area contributed by atoms with Gasteiger partial charge in [0.1, 0.15) is 18.1 Å². The number of rotatable bonds is 15. The van der Waals surface area contributed by atoms with Gasteiger partial charge in [-0.2, -0.15) is 0 Å². The number of hydrogen-bond donors (Lipinski definition) is 7. The van der Waals surface area contributed by atoms with Crippen LogP contribution in [0, 0.1) is 11.8 Å². The number of nitrogens with zero attached hydrogens (tertiary/aromatic N) is 1. The number of carbonyl (C=O) groups excluding carboxylic acids is 3. The Balaban J connectivity index is 3.02. The molecule has 196 valence electrons. The highest BCUT2D eigenvalue weighted by Gasteiger charge is 2.33. The van der Waals surface area contributed by atoms with Crippen LogP contribution in [0.1, 0.15) is 52.7 Å². The van der Waals surface area contributed by atoms with Gasteiger partial charge in [0.25, 0.3) is 0 Å². The SMILES string of the molecule is CCC(C)C(NC(=O)C(NC(=O)C(Cc1cnc[nH]1)NC(=O)C(N)CCC(=O)O)C(C)C)C(=O)O. The number of carboxylic acid groups (broad SMARTS) is 2. The van der Waals surface area contributed by atoms with Gasteiger partial charge in [-0.05, 0) is 18.3 Å². The van der Waals surface area contributed by atoms with Gasteiger partial charge in [0.05, 0.1) is 12.4 Å². The smallest absolute Gasteiger partial charge is 0.326 e. The Hall–Kier alpha value is -3.48. The maximum absolute atomic E-state index is 13.1. The van der Waals surface area contributed by atoms with E-state index in [9.17, 15) is 29.1 Å². The summed E-state index contributed by atoms with van der Waals surface area (Å²) >= 11 is 0. The standard InChI is InChI=1S/C22H36N6O7/c1-5-12(4)18(22(34)35)28-21(33)17(11(2)3)27-20(32)15(8-13-9-24-10-25-13)26-19(31)14(23)6-7-16(29)30/h9-12,14-15,17-18H,5-8,23H2,1-4H3,(H,24,25)(H,26,31)(H,27,32)(H,28,33)(H,29,30)(H,34,35). The number of nitrogens with two attached hydrogens (primary N) is 1. The first-order chi connectivity index (χ1) is 16.4. The largest absolute Gasteiger partial charge is 0.481 e. The van der Waals surface area contributed by atoms with E-state index in [2.05, 4.69) is 25.9 Å². The minimum atomic E-state index is -1.18. The number of amides is 3. The van der Waals surface area contributed by atoms with Crippen molar-refractivity contribution >= 4 is 29.7 Å². The zero-order chi connectivity index (χ0) is 26.7. The summed E-state index contributed by atoms with van der Waals surface area (Å²) in [5, 5.41) is 25.9. The molecule has 1 aromatic heterocycles. The van der Waals surface area contributed by atoms with Gasteiger partial charge >= 0.3 is 11.9 Å². The second-order valence-electron chi connectivity index (χ2n) is 8.82. The molecule has 0 aliphatic heterocycles. The molecule has 1 heterocycles. The van der Waals surface area contributed by atoms with Gasteiger partial charge in [-0.25, -0.2) is 9.78 Å². The van der Waals surface area contributed by atoms with E-state index < -0.39 is 59.7 Å². The van der Waals surface area contributed by atoms with Crippen molar-refractivity contribution in [2.75, 3.05) is 0 Å². The van der Waals surface area contributed by atoms with Crippen LogP contribution in [0.15, 0.2) is 12.5 Å². The number of carbonyl (C=O) groups is 5. The molecular formula is C22H36N6O7. The summed E-state index contributed by atoms with van der Waals surface area (Å²) in [6.45, 7) is 6.88. The molecule has 0 radical (unpaired) electrons. The van der Waals surface area contributed by atoms with E-state index in [0.717, 1.165) is 0 Å². The predicted molar refractivity (Wildman–Crippen MR) is 125 cm³/mol. The number of carboxylic acids is 2. The molecule has 35 heavy (non-hydrogen) atoms. The van der Waals surface area contributed by atoms with Gasteiger partial charge in [0.15, 0.2) is 0 Å². The lowest BCUT2D eigenvalue weighted by Gasteiger charge is -2.28. The quantitative estimate of drug-likeness (QED) is 0.164. The van der Waals surface area contributed by atoms with Gasteiger partial charge in [-0.3, -0.25) is 19.2 Å². The number of H-pyrrole nitrogens is 1. The molecule has 1 rings (SSSR count). The second-order valence-corrected chi connectivity index (χ2v) is 8.82. The van der Waals surface area contributed by atoms with Gasteiger partial charge < -0.3 is 36.9 Å². The highest BCUT2D eigenvalue weighted by Crippen LogP contribution is 2.11. The Labute approximate surface area is 203 Å². The molecule has 0 saturated heterocycles. The summed E-state index contributed by atoms with van der Waals surface area (Å²) < 4.78 is 0. The molecule has 13 nitrogen and oxygen atoms in total. The van der Waals surface area contributed by atoms with Crippen LogP contribution in [0.5, 0.6) is 0 Å². The fourth-order valence-corrected chi connectivity index (χ4v) is 3.23. The molecule has 0 fully saturated rings. The van der Waals surface area contributed by atoms with Crippen LogP contribution in [0.3, 0.4) is 0 Å². The lowest BCUT2D eigenvalue weighted by atomic mass is 9.97. The lowest BCUT2D eigenvalue weighted by Crippen LogP contribution is -2.59. The monoisotopic (exact) mass is 496 g/mol. The van der Waals surface area contributed by atoms with E-state index in [1.807, 2.05) is 0 Å². The molecule has 5 atom stereocenters. The number of aliphatic carboxylic acids is 2. The number of hydrogen-bond acceptors (Lipinski definition) is 7. The minimum absolute atomic E-state index is 0.000276. The van der Waals surface area contributed by atoms with E-state index in [0.29, 0.717) is 12.1 Å². The number of nitrogens with one attached hydrogen (secondary N) is 4. The molecule has 0 bridgehead atoms. The predicted octanol–water partition coefficient (Wildman–Crippen LogP) is -0.615. The molecule has 0 saturated carbocycles. The minimum Gasteiger partial charge on any atom is -0.481 e. The molecule has 0 spiro atoms. The molecule has 8 N–H and O–H groups in total. The van der Waals surface area contributed by atoms with Crippen molar-refractivity contribution in [3.63, 3.8) is 0 Å². The van der Waals surface area contributed by atoms with Crippen molar-refractivity contribution in [2.45, 2.75) is 77.5 Å². The molecular weight excluding hydrogens is 460 g/mol. The Kier molecular flexibility index (Phi) is 11.9. The van der Waals surface area contributed by atoms with Crippen LogP contribution in [0.2, 0.25) is 0 Å². The fourth-order valence-electron chi connectivity index (χ4n) is 3.23. The summed E-state index contributed by atoms with van der Waals surface area (Å²) in [6.07, 6.45) is 2.95. The van der Waals surface area contributed by atoms with E-state index in [-0.39, 0.29) is 25.2 Å². The average molecular weight is 497 g/mol. The summed E-state index contributed by atoms with van der Waals surface area (Å²) in [6, 6.07) is -4.51. The molecule has 0 aliphatic rings. The molecule has 1 aromatic rings. The summed E-state index contributed by atoms with van der Waals surface area (Å²) in [7, 11) is 0. The van der Waals surface area contributed by atoms with Crippen molar-refractivity contribution < 1.29 is 34.2 Å². The first-order valence-corrected chi connectivity index (χ1v) is 11.5. The van der Waals surface area contributed by atoms with Crippen molar-refractivity contribution in [1.82, 2.24) is 25.9 Å². The highest BCUT2D eigenvalue weighted by molar-refractivity contribution is 5.94. The van der Waals surface area contributed by atoms with Crippen molar-refractivity contribution in [1.29, 1.82) is 0 Å². The zero-order valence-corrected chi connectivity index (χ0v) is 20.4. The van der Waals surface area contributed by atoms with Crippen molar-refractivity contribution in [2.24, 2.45) is 17.6 Å². The highest BCUT2D eigenvalue weighted by atomic mass is 16.4. The summed E-state index contributed by atoms with van der Waals surface area (Å²) in [4.78, 5) is 67.6. The Morgan fingerprint density at radius 3 is 2.11 bits per heavy atom. The van der Waals surface area contributed by atoms with Crippen LogP contribution < -0.4 is 21.7 Å². The third-order valence-electron chi connectivity index (χ3n) is 5.64. The molecule has 0 aliphatic carbocycles. The van der Waals surface area contributed by atoms with Gasteiger partial charge in [-0.15, -0.1) is 0 Å². The number of imidazole rings is 1. The fraction of sp³-hybridized carbons (Fsp3) is 0.636. The van der Waals surface area contributed by atoms with Crippen LogP contribution in [-0.4, -0.2) is 74.0 Å². The van der Waals surface area contributed by atoms with Gasteiger partial charge in [0, 0.05) is 24.7 Å². The first-order valence-electron chi connectivity index (χ1n) is 11.5. The second kappa shape index (κ2) is 14.0. The topological polar surface area (TPSA) is 217 Å². The summed E-state index contributed by atoms with van der Waals surface area (Å²) in [5.74, 6) is -5.09. The number of aromatic amines is 1. The summed E-state index contributed by atoms with van der Waals surface area (Å²) in [5.41, 5.74) is 6.29. The average Bonchev–Trinajstić information content (AvgIpc) is 3.30. The van der Waals surface area contributed by atoms with E-state index in [4.69, 9.17) is 10.8 Å². The van der Waals surface area contributed by atoms with E-state index in [1.165, 1.54) is 12.5 Å². The maximum atomic E-state index is 13.1. The van der Waals surface area contributed by atoms with E-state index in [1.54, 1.807) is 27.7 Å². The van der Waals surface area contributed by atoms with Crippen LogP contribution >= 0.6 is 0 Å². The third kappa shape index (κ3) is 9.73. The van der Waals surface area contributed by atoms with Gasteiger partial charge in [0.2, 0.25) is 17.7 Å². The van der Waals surface area contributed by atoms with Crippen LogP contribution in [-0.2, 0) is 30.4 Å². The first kappa shape index (κ1) is 29.6. The van der Waals surface area contributed by atoms with Crippen LogP contribution in [0.25, 0.3) is 0 Å². The van der Waals surface area contributed by atoms with Crippen LogP contribution in [0.4, 0.5) is 0 Å². The Morgan fingerprint density at radius 1 is 1.00 bits per heavy atom. The van der Waals surface area contributed by atoms with E-state index >= 15 is 0 Å². The number of aromatic nitrogens is 2. The van der Waals surface area contributed by atoms with Gasteiger partial charge in [-0.1, -0.05) is 34.1 Å². The third-order valence-corrected chi connectivity index (χ3v) is 5.64. The molecule has 3 amide bonds. The van der Waals surface area contributed by atoms with Crippen molar-refractivity contribution in [3.8, 4) is 0 Å². The lowest BCUT2D eigenvalue weighted by molar-refractivity contribution is -0.144. The Morgan fingerprint density at radius 2 is 1.63 bits per heavy atom. The maximum Gasteiger partial charge on any atom is 0.326 e. The molecule has 0 aromatic carbocycles. The molecule has 13 heteroatoms. The van der Waals surface area contributed by atoms with Crippen molar-refractivity contribution in [3.05, 3.63) is 18.2 Å². The zero-order valence-electron chi connectivity index (χ0n) is 20.4. The normalized spacial score (nSPS) is 15.4. The Bertz CT molecular complexity index is 874. The molecule has 5 unspecified atom stereocenters.